The number of aryl methyl sites for hydroxylation is 1. The second-order valence-corrected chi connectivity index (χ2v) is 9.33. The SMILES string of the molecule is CC=CCCc1ccc(-c2ccc(-c3ccc(C4=CCC(CC)CC4)c(F)c3Cl)cc2)cc1. The van der Waals surface area contributed by atoms with Gasteiger partial charge in [0.1, 0.15) is 5.82 Å². The molecule has 0 N–H and O–H groups in total. The van der Waals surface area contributed by atoms with E-state index in [2.05, 4.69) is 68.5 Å². The molecule has 0 bridgehead atoms. The summed E-state index contributed by atoms with van der Waals surface area (Å²) in [5, 5.41) is 0.212. The predicted octanol–water partition coefficient (Wildman–Crippen LogP) is 9.92. The van der Waals surface area contributed by atoms with Crippen LogP contribution in [0.2, 0.25) is 5.02 Å². The number of rotatable bonds is 7. The van der Waals surface area contributed by atoms with Gasteiger partial charge in [0.2, 0.25) is 0 Å². The lowest BCUT2D eigenvalue weighted by molar-refractivity contribution is 0.470. The summed E-state index contributed by atoms with van der Waals surface area (Å²) < 4.78 is 15.2. The van der Waals surface area contributed by atoms with Crippen LogP contribution in [0.25, 0.3) is 27.8 Å². The van der Waals surface area contributed by atoms with Crippen LogP contribution < -0.4 is 0 Å². The highest BCUT2D eigenvalue weighted by Gasteiger charge is 2.19. The molecule has 1 aliphatic rings. The van der Waals surface area contributed by atoms with Crippen LogP contribution in [0.3, 0.4) is 0 Å². The van der Waals surface area contributed by atoms with E-state index in [1.807, 2.05) is 24.3 Å². The van der Waals surface area contributed by atoms with Crippen molar-refractivity contribution in [2.75, 3.05) is 0 Å². The van der Waals surface area contributed by atoms with E-state index in [-0.39, 0.29) is 10.8 Å². The van der Waals surface area contributed by atoms with Crippen molar-refractivity contribution >= 4 is 17.2 Å². The predicted molar refractivity (Wildman–Crippen MR) is 141 cm³/mol. The number of allylic oxidation sites excluding steroid dienone is 4. The first-order valence-corrected chi connectivity index (χ1v) is 12.5. The van der Waals surface area contributed by atoms with Gasteiger partial charge in [-0.25, -0.2) is 4.39 Å². The van der Waals surface area contributed by atoms with Gasteiger partial charge in [-0.05, 0) is 72.8 Å². The van der Waals surface area contributed by atoms with Crippen molar-refractivity contribution < 1.29 is 4.39 Å². The minimum absolute atomic E-state index is 0.212. The molecular weight excluding hydrogens is 427 g/mol. The van der Waals surface area contributed by atoms with Gasteiger partial charge in [-0.2, -0.15) is 0 Å². The third kappa shape index (κ3) is 5.47. The molecule has 3 aromatic carbocycles. The van der Waals surface area contributed by atoms with Gasteiger partial charge >= 0.3 is 0 Å². The number of hydrogen-bond acceptors (Lipinski definition) is 0. The van der Waals surface area contributed by atoms with Crippen molar-refractivity contribution in [3.05, 3.63) is 101 Å². The molecule has 0 aliphatic heterocycles. The monoisotopic (exact) mass is 458 g/mol. The average molecular weight is 459 g/mol. The Balaban J connectivity index is 1.52. The fourth-order valence-electron chi connectivity index (χ4n) is 4.65. The molecule has 2 heteroatoms. The Bertz CT molecular complexity index is 1140. The third-order valence-corrected chi connectivity index (χ3v) is 7.21. The zero-order valence-electron chi connectivity index (χ0n) is 19.6. The summed E-state index contributed by atoms with van der Waals surface area (Å²) in [5.74, 6) is 0.424. The maximum Gasteiger partial charge on any atom is 0.149 e. The first kappa shape index (κ1) is 23.5. The molecule has 0 spiro atoms. The normalized spacial score (nSPS) is 16.2. The van der Waals surface area contributed by atoms with Gasteiger partial charge in [0.25, 0.3) is 0 Å². The molecule has 0 radical (unpaired) electrons. The summed E-state index contributed by atoms with van der Waals surface area (Å²) >= 11 is 6.53. The van der Waals surface area contributed by atoms with E-state index in [4.69, 9.17) is 11.6 Å². The summed E-state index contributed by atoms with van der Waals surface area (Å²) in [5.41, 5.74) is 7.09. The van der Waals surface area contributed by atoms with E-state index in [9.17, 15) is 0 Å². The zero-order chi connectivity index (χ0) is 23.2. The van der Waals surface area contributed by atoms with E-state index in [1.54, 1.807) is 0 Å². The van der Waals surface area contributed by atoms with Crippen molar-refractivity contribution in [3.63, 3.8) is 0 Å². The standard InChI is InChI=1S/C31H32ClF/c1-3-5-6-7-23-10-12-24(13-11-23)25-16-18-26(19-17-25)28-20-21-29(31(33)30(28)32)27-14-8-22(4-2)9-15-27/h3,5,10-14,16-22H,4,6-9,15H2,1-2H3. The van der Waals surface area contributed by atoms with E-state index in [0.717, 1.165) is 60.3 Å². The highest BCUT2D eigenvalue weighted by Crippen LogP contribution is 2.38. The topological polar surface area (TPSA) is 0 Å². The van der Waals surface area contributed by atoms with Crippen LogP contribution in [0.4, 0.5) is 4.39 Å². The third-order valence-electron chi connectivity index (χ3n) is 6.84. The first-order chi connectivity index (χ1) is 16.1. The fraction of sp³-hybridized carbons (Fsp3) is 0.290. The van der Waals surface area contributed by atoms with Crippen LogP contribution in [-0.4, -0.2) is 0 Å². The Kier molecular flexibility index (Phi) is 7.83. The van der Waals surface area contributed by atoms with Gasteiger partial charge in [0.05, 0.1) is 5.02 Å². The molecule has 1 unspecified atom stereocenters. The van der Waals surface area contributed by atoms with Crippen molar-refractivity contribution in [2.45, 2.75) is 52.4 Å². The fourth-order valence-corrected chi connectivity index (χ4v) is 4.92. The minimum atomic E-state index is -0.298. The smallest absolute Gasteiger partial charge is 0.149 e. The Labute approximate surface area is 202 Å². The molecule has 1 atom stereocenters. The van der Waals surface area contributed by atoms with E-state index < -0.39 is 0 Å². The maximum atomic E-state index is 15.2. The molecule has 0 aromatic heterocycles. The molecule has 0 saturated heterocycles. The molecule has 0 nitrogen and oxygen atoms in total. The second-order valence-electron chi connectivity index (χ2n) is 8.95. The average Bonchev–Trinajstić information content (AvgIpc) is 2.86. The Hall–Kier alpha value is -2.64. The van der Waals surface area contributed by atoms with Gasteiger partial charge in [0.15, 0.2) is 0 Å². The number of benzene rings is 3. The van der Waals surface area contributed by atoms with Crippen LogP contribution in [0.15, 0.2) is 78.9 Å². The molecule has 0 heterocycles. The number of hydrogen-bond donors (Lipinski definition) is 0. The zero-order valence-corrected chi connectivity index (χ0v) is 20.3. The van der Waals surface area contributed by atoms with Crippen LogP contribution in [0.5, 0.6) is 0 Å². The van der Waals surface area contributed by atoms with Crippen molar-refractivity contribution in [1.82, 2.24) is 0 Å². The molecule has 0 saturated carbocycles. The van der Waals surface area contributed by atoms with Gasteiger partial charge in [0, 0.05) is 11.1 Å². The Morgan fingerprint density at radius 3 is 2.15 bits per heavy atom. The summed E-state index contributed by atoms with van der Waals surface area (Å²) in [6, 6.07) is 20.8. The first-order valence-electron chi connectivity index (χ1n) is 12.1. The van der Waals surface area contributed by atoms with Gasteiger partial charge < -0.3 is 0 Å². The van der Waals surface area contributed by atoms with E-state index in [1.165, 1.54) is 17.5 Å². The van der Waals surface area contributed by atoms with Crippen LogP contribution in [-0.2, 0) is 6.42 Å². The van der Waals surface area contributed by atoms with Crippen LogP contribution >= 0.6 is 11.6 Å². The summed E-state index contributed by atoms with van der Waals surface area (Å²) in [4.78, 5) is 0. The van der Waals surface area contributed by atoms with Crippen LogP contribution in [0.1, 0.15) is 57.1 Å². The highest BCUT2D eigenvalue weighted by atomic mass is 35.5. The summed E-state index contributed by atoms with van der Waals surface area (Å²) in [7, 11) is 0. The van der Waals surface area contributed by atoms with Crippen molar-refractivity contribution in [1.29, 1.82) is 0 Å². The second kappa shape index (κ2) is 11.0. The quantitative estimate of drug-likeness (QED) is 0.309. The minimum Gasteiger partial charge on any atom is -0.205 e. The molecule has 0 fully saturated rings. The molecule has 1 aliphatic carbocycles. The largest absolute Gasteiger partial charge is 0.205 e. The molecule has 33 heavy (non-hydrogen) atoms. The number of halogens is 2. The lowest BCUT2D eigenvalue weighted by Gasteiger charge is -2.21. The molecule has 3 aromatic rings. The summed E-state index contributed by atoms with van der Waals surface area (Å²) in [6.07, 6.45) is 12.9. The van der Waals surface area contributed by atoms with E-state index >= 15 is 4.39 Å². The molecule has 0 amide bonds. The molecule has 4 rings (SSSR count). The van der Waals surface area contributed by atoms with Crippen LogP contribution in [0, 0.1) is 11.7 Å². The highest BCUT2D eigenvalue weighted by molar-refractivity contribution is 6.33. The van der Waals surface area contributed by atoms with E-state index in [0.29, 0.717) is 5.56 Å². The summed E-state index contributed by atoms with van der Waals surface area (Å²) in [6.45, 7) is 4.28. The lowest BCUT2D eigenvalue weighted by atomic mass is 9.85. The maximum absolute atomic E-state index is 15.2. The molecular formula is C31H32ClF. The molecule has 170 valence electrons. The van der Waals surface area contributed by atoms with Gasteiger partial charge in [-0.1, -0.05) is 104 Å². The van der Waals surface area contributed by atoms with Crippen molar-refractivity contribution in [2.24, 2.45) is 5.92 Å². The van der Waals surface area contributed by atoms with Gasteiger partial charge in [-0.15, -0.1) is 0 Å². The Morgan fingerprint density at radius 2 is 1.55 bits per heavy atom. The lowest BCUT2D eigenvalue weighted by Crippen LogP contribution is -2.05. The van der Waals surface area contributed by atoms with Crippen molar-refractivity contribution in [3.8, 4) is 22.3 Å². The Morgan fingerprint density at radius 1 is 0.909 bits per heavy atom. The van der Waals surface area contributed by atoms with Gasteiger partial charge in [-0.3, -0.25) is 0 Å².